The van der Waals surface area contributed by atoms with Gasteiger partial charge in [-0.2, -0.15) is 0 Å². The Hall–Kier alpha value is -2.20. The highest BCUT2D eigenvalue weighted by molar-refractivity contribution is 5.89. The lowest BCUT2D eigenvalue weighted by molar-refractivity contribution is -0.142. The van der Waals surface area contributed by atoms with Crippen molar-refractivity contribution < 1.29 is 62.1 Å². The molecule has 0 aliphatic rings. The molecule has 13 heteroatoms. The van der Waals surface area contributed by atoms with Crippen molar-refractivity contribution in [3.63, 3.8) is 0 Å². The van der Waals surface area contributed by atoms with Gasteiger partial charge in [-0.1, -0.05) is 18.2 Å². The Balaban J connectivity index is 1.66. The molecule has 0 fully saturated rings. The monoisotopic (exact) mass is 576 g/mol. The molecule has 0 saturated heterocycles. The predicted octanol–water partition coefficient (Wildman–Crippen LogP) is 1.08. The fourth-order valence-corrected chi connectivity index (χ4v) is 2.77. The zero-order valence-electron chi connectivity index (χ0n) is 23.2. The number of ether oxygens (including phenoxy) is 10. The Morgan fingerprint density at radius 1 is 0.450 bits per heavy atom. The molecule has 0 atom stereocenters. The quantitative estimate of drug-likeness (QED) is 0.103. The van der Waals surface area contributed by atoms with Gasteiger partial charge in [-0.3, -0.25) is 0 Å². The number of carbonyl (C=O) groups excluding carboxylic acids is 1. The summed E-state index contributed by atoms with van der Waals surface area (Å²) in [5.41, 5.74) is 0.520. The second kappa shape index (κ2) is 28.3. The summed E-state index contributed by atoms with van der Waals surface area (Å²) in [4.78, 5) is 22.0. The van der Waals surface area contributed by atoms with Crippen LogP contribution in [0.1, 0.15) is 10.4 Å². The van der Waals surface area contributed by atoms with Crippen molar-refractivity contribution in [1.29, 1.82) is 0 Å². The molecule has 40 heavy (non-hydrogen) atoms. The minimum absolute atomic E-state index is 0.196. The largest absolute Gasteiger partial charge is 0.480 e. The molecule has 0 aliphatic carbocycles. The molecule has 13 nitrogen and oxygen atoms in total. The van der Waals surface area contributed by atoms with E-state index in [-0.39, 0.29) is 25.8 Å². The fourth-order valence-electron chi connectivity index (χ4n) is 2.77. The number of hydrogen-bond donors (Lipinski definition) is 1. The molecule has 0 heterocycles. The smallest absolute Gasteiger partial charge is 0.338 e. The summed E-state index contributed by atoms with van der Waals surface area (Å²) < 4.78 is 53.0. The summed E-state index contributed by atoms with van der Waals surface area (Å²) in [6.45, 7) is 7.11. The van der Waals surface area contributed by atoms with Gasteiger partial charge in [0.15, 0.2) is 0 Å². The van der Waals surface area contributed by atoms with Crippen molar-refractivity contribution in [2.75, 3.05) is 126 Å². The molecule has 0 aromatic heterocycles. The number of hydrogen-bond acceptors (Lipinski definition) is 12. The summed E-state index contributed by atoms with van der Waals surface area (Å²) in [6.07, 6.45) is 0. The zero-order valence-corrected chi connectivity index (χ0v) is 23.2. The molecule has 0 amide bonds. The number of rotatable bonds is 30. The molecular weight excluding hydrogens is 532 g/mol. The molecular formula is C27H44O13. The first-order valence-electron chi connectivity index (χ1n) is 13.3. The standard InChI is InChI=1S/C27H44O13/c28-26(29)24-39-21-20-37-17-16-35-13-12-33-9-8-31-6-7-32-10-11-34-14-15-36-18-19-38-22-23-40-27(30)25-4-2-1-3-5-25/h1-5H,6-24H2,(H,28,29). The van der Waals surface area contributed by atoms with Crippen LogP contribution in [-0.2, 0) is 52.2 Å². The van der Waals surface area contributed by atoms with E-state index in [9.17, 15) is 9.59 Å². The lowest BCUT2D eigenvalue weighted by atomic mass is 10.2. The van der Waals surface area contributed by atoms with Gasteiger partial charge in [0.2, 0.25) is 0 Å². The molecule has 230 valence electrons. The van der Waals surface area contributed by atoms with Gasteiger partial charge < -0.3 is 52.5 Å². The number of carboxylic acid groups (broad SMARTS) is 1. The summed E-state index contributed by atoms with van der Waals surface area (Å²) in [5.74, 6) is -1.36. The van der Waals surface area contributed by atoms with Crippen molar-refractivity contribution in [2.45, 2.75) is 0 Å². The van der Waals surface area contributed by atoms with Gasteiger partial charge in [0.05, 0.1) is 118 Å². The lowest BCUT2D eigenvalue weighted by Crippen LogP contribution is -2.15. The predicted molar refractivity (Wildman–Crippen MR) is 142 cm³/mol. The van der Waals surface area contributed by atoms with E-state index in [1.54, 1.807) is 24.3 Å². The third-order valence-corrected chi connectivity index (χ3v) is 4.67. The van der Waals surface area contributed by atoms with Crippen LogP contribution in [0.15, 0.2) is 30.3 Å². The lowest BCUT2D eigenvalue weighted by Gasteiger charge is -2.09. The summed E-state index contributed by atoms with van der Waals surface area (Å²) >= 11 is 0. The third-order valence-electron chi connectivity index (χ3n) is 4.67. The van der Waals surface area contributed by atoms with Crippen molar-refractivity contribution in [2.24, 2.45) is 0 Å². The highest BCUT2D eigenvalue weighted by Gasteiger charge is 2.05. The highest BCUT2D eigenvalue weighted by Crippen LogP contribution is 2.00. The van der Waals surface area contributed by atoms with Crippen LogP contribution in [0.2, 0.25) is 0 Å². The van der Waals surface area contributed by atoms with Gasteiger partial charge in [0.1, 0.15) is 13.2 Å². The van der Waals surface area contributed by atoms with Crippen LogP contribution in [-0.4, -0.2) is 143 Å². The number of esters is 1. The van der Waals surface area contributed by atoms with E-state index in [1.165, 1.54) is 0 Å². The van der Waals surface area contributed by atoms with Crippen LogP contribution in [0.5, 0.6) is 0 Å². The Morgan fingerprint density at radius 2 is 0.750 bits per heavy atom. The first kappa shape index (κ1) is 35.8. The van der Waals surface area contributed by atoms with Gasteiger partial charge in [-0.15, -0.1) is 0 Å². The normalized spacial score (nSPS) is 11.1. The molecule has 0 spiro atoms. The number of carboxylic acids is 1. The second-order valence-electron chi connectivity index (χ2n) is 7.85. The van der Waals surface area contributed by atoms with Gasteiger partial charge in [-0.05, 0) is 12.1 Å². The van der Waals surface area contributed by atoms with Gasteiger partial charge in [0, 0.05) is 0 Å². The minimum atomic E-state index is -0.999. The van der Waals surface area contributed by atoms with Crippen LogP contribution in [0.4, 0.5) is 0 Å². The van der Waals surface area contributed by atoms with Crippen LogP contribution in [0, 0.1) is 0 Å². The van der Waals surface area contributed by atoms with Gasteiger partial charge in [-0.25, -0.2) is 9.59 Å². The van der Waals surface area contributed by atoms with Crippen LogP contribution < -0.4 is 0 Å². The molecule has 0 radical (unpaired) electrons. The van der Waals surface area contributed by atoms with E-state index < -0.39 is 5.97 Å². The first-order chi connectivity index (χ1) is 19.7. The van der Waals surface area contributed by atoms with Crippen LogP contribution in [0.25, 0.3) is 0 Å². The highest BCUT2D eigenvalue weighted by atomic mass is 16.6. The third kappa shape index (κ3) is 24.8. The van der Waals surface area contributed by atoms with Gasteiger partial charge >= 0.3 is 11.9 Å². The first-order valence-corrected chi connectivity index (χ1v) is 13.3. The van der Waals surface area contributed by atoms with E-state index in [4.69, 9.17) is 52.5 Å². The Morgan fingerprint density at radius 3 is 1.07 bits per heavy atom. The van der Waals surface area contributed by atoms with E-state index in [0.717, 1.165) is 0 Å². The Labute approximate surface area is 235 Å². The van der Waals surface area contributed by atoms with Crippen molar-refractivity contribution in [3.8, 4) is 0 Å². The summed E-state index contributed by atoms with van der Waals surface area (Å²) in [7, 11) is 0. The van der Waals surface area contributed by atoms with Crippen molar-refractivity contribution in [3.05, 3.63) is 35.9 Å². The molecule has 1 aromatic carbocycles. The van der Waals surface area contributed by atoms with E-state index in [0.29, 0.717) is 111 Å². The molecule has 1 aromatic rings. The van der Waals surface area contributed by atoms with E-state index in [2.05, 4.69) is 0 Å². The molecule has 0 saturated carbocycles. The average molecular weight is 577 g/mol. The van der Waals surface area contributed by atoms with Gasteiger partial charge in [0.25, 0.3) is 0 Å². The van der Waals surface area contributed by atoms with E-state index >= 15 is 0 Å². The summed E-state index contributed by atoms with van der Waals surface area (Å²) in [6, 6.07) is 8.82. The zero-order chi connectivity index (χ0) is 28.8. The number of aliphatic carboxylic acids is 1. The number of benzene rings is 1. The maximum atomic E-state index is 11.7. The SMILES string of the molecule is O=C(O)COCCOCCOCCOCCOCCOCCOCCOCCOCCOC(=O)c1ccccc1. The Bertz CT molecular complexity index is 705. The Kier molecular flexibility index (Phi) is 25.4. The van der Waals surface area contributed by atoms with Crippen LogP contribution >= 0.6 is 0 Å². The fraction of sp³-hybridized carbons (Fsp3) is 0.704. The average Bonchev–Trinajstić information content (AvgIpc) is 2.96. The molecule has 1 rings (SSSR count). The second-order valence-corrected chi connectivity index (χ2v) is 7.85. The van der Waals surface area contributed by atoms with E-state index in [1.807, 2.05) is 6.07 Å². The van der Waals surface area contributed by atoms with Crippen molar-refractivity contribution >= 4 is 11.9 Å². The molecule has 0 bridgehead atoms. The topological polar surface area (TPSA) is 147 Å². The maximum absolute atomic E-state index is 11.7. The molecule has 0 aliphatic heterocycles. The molecule has 0 unspecified atom stereocenters. The maximum Gasteiger partial charge on any atom is 0.338 e. The van der Waals surface area contributed by atoms with Crippen molar-refractivity contribution in [1.82, 2.24) is 0 Å². The molecule has 1 N–H and O–H groups in total. The minimum Gasteiger partial charge on any atom is -0.480 e. The summed E-state index contributed by atoms with van der Waals surface area (Å²) in [5, 5.41) is 8.41. The van der Waals surface area contributed by atoms with Crippen LogP contribution in [0.3, 0.4) is 0 Å². The number of carbonyl (C=O) groups is 2.